The van der Waals surface area contributed by atoms with Gasteiger partial charge in [-0.3, -0.25) is 28.6 Å². The van der Waals surface area contributed by atoms with Gasteiger partial charge >= 0.3 is 6.03 Å². The number of nitrogens with zero attached hydrogens (tertiary/aromatic N) is 5. The van der Waals surface area contributed by atoms with Gasteiger partial charge in [-0.15, -0.1) is 11.3 Å². The van der Waals surface area contributed by atoms with Crippen LogP contribution in [0, 0.1) is 0 Å². The molecule has 1 aliphatic carbocycles. The molecule has 10 nitrogen and oxygen atoms in total. The Balaban J connectivity index is 1.17. The van der Waals surface area contributed by atoms with Crippen LogP contribution in [0.2, 0.25) is 0 Å². The highest BCUT2D eigenvalue weighted by molar-refractivity contribution is 7.15. The second kappa shape index (κ2) is 7.72. The maximum Gasteiger partial charge on any atom is 0.325 e. The van der Waals surface area contributed by atoms with Crippen LogP contribution in [-0.4, -0.2) is 80.2 Å². The molecule has 1 spiro atoms. The molecule has 2 aliphatic heterocycles. The van der Waals surface area contributed by atoms with E-state index in [1.807, 2.05) is 5.38 Å². The Morgan fingerprint density at radius 2 is 1.87 bits per heavy atom. The zero-order chi connectivity index (χ0) is 21.6. The Morgan fingerprint density at radius 3 is 2.61 bits per heavy atom. The number of aromatic nitrogens is 2. The highest BCUT2D eigenvalue weighted by Crippen LogP contribution is 2.35. The number of fused-ring (bicyclic) bond motifs is 1. The molecule has 0 radical (unpaired) electrons. The fourth-order valence-corrected chi connectivity index (χ4v) is 5.46. The first kappa shape index (κ1) is 20.1. The number of nitrogens with one attached hydrogen (secondary N) is 1. The van der Waals surface area contributed by atoms with Crippen LogP contribution in [0.4, 0.5) is 4.79 Å². The van der Waals surface area contributed by atoms with Crippen molar-refractivity contribution in [2.75, 3.05) is 32.7 Å². The molecule has 11 heteroatoms. The number of imide groups is 1. The molecule has 4 amide bonds. The van der Waals surface area contributed by atoms with Gasteiger partial charge in [0.1, 0.15) is 12.1 Å². The normalized spacial score (nSPS) is 21.4. The molecule has 31 heavy (non-hydrogen) atoms. The molecule has 1 N–H and O–H groups in total. The van der Waals surface area contributed by atoms with Crippen LogP contribution in [0.15, 0.2) is 22.4 Å². The van der Waals surface area contributed by atoms with Crippen molar-refractivity contribution >= 4 is 34.1 Å². The van der Waals surface area contributed by atoms with E-state index in [0.717, 1.165) is 17.7 Å². The van der Waals surface area contributed by atoms with Gasteiger partial charge < -0.3 is 10.2 Å². The summed E-state index contributed by atoms with van der Waals surface area (Å²) in [5, 5.41) is 4.64. The van der Waals surface area contributed by atoms with Crippen molar-refractivity contribution in [1.82, 2.24) is 29.4 Å². The molecule has 0 bridgehead atoms. The van der Waals surface area contributed by atoms with Crippen LogP contribution in [0.25, 0.3) is 4.96 Å². The van der Waals surface area contributed by atoms with Crippen molar-refractivity contribution in [1.29, 1.82) is 0 Å². The van der Waals surface area contributed by atoms with Gasteiger partial charge in [0, 0.05) is 50.4 Å². The molecule has 3 aliphatic rings. The van der Waals surface area contributed by atoms with Gasteiger partial charge in [-0.1, -0.05) is 12.8 Å². The lowest BCUT2D eigenvalue weighted by atomic mass is 9.98. The molecule has 3 fully saturated rings. The molecule has 164 valence electrons. The smallest absolute Gasteiger partial charge is 0.325 e. The summed E-state index contributed by atoms with van der Waals surface area (Å²) < 4.78 is 1.52. The first-order chi connectivity index (χ1) is 14.9. The Labute approximate surface area is 182 Å². The fourth-order valence-electron chi connectivity index (χ4n) is 4.73. The highest BCUT2D eigenvalue weighted by atomic mass is 32.1. The number of carbonyl (C=O) groups excluding carboxylic acids is 3. The number of urea groups is 1. The zero-order valence-electron chi connectivity index (χ0n) is 17.1. The quantitative estimate of drug-likeness (QED) is 0.678. The summed E-state index contributed by atoms with van der Waals surface area (Å²) in [6, 6.07) is 1.09. The van der Waals surface area contributed by atoms with E-state index >= 15 is 0 Å². The maximum atomic E-state index is 12.8. The Kier molecular flexibility index (Phi) is 5.01. The lowest BCUT2D eigenvalue weighted by Gasteiger charge is -2.35. The molecular formula is C20H24N6O4S. The summed E-state index contributed by atoms with van der Waals surface area (Å²) in [6.07, 6.45) is 4.84. The fraction of sp³-hybridized carbons (Fsp3) is 0.550. The van der Waals surface area contributed by atoms with Crippen molar-refractivity contribution in [3.8, 4) is 0 Å². The van der Waals surface area contributed by atoms with Crippen LogP contribution in [0.5, 0.6) is 0 Å². The van der Waals surface area contributed by atoms with Crippen LogP contribution in [-0.2, 0) is 16.1 Å². The molecule has 2 aromatic rings. The van der Waals surface area contributed by atoms with E-state index in [2.05, 4.69) is 15.2 Å². The van der Waals surface area contributed by atoms with Crippen LogP contribution < -0.4 is 10.9 Å². The van der Waals surface area contributed by atoms with Gasteiger partial charge in [-0.05, 0) is 12.8 Å². The van der Waals surface area contributed by atoms with E-state index in [0.29, 0.717) is 56.2 Å². The summed E-state index contributed by atoms with van der Waals surface area (Å²) in [4.78, 5) is 60.1. The van der Waals surface area contributed by atoms with Gasteiger partial charge in [0.15, 0.2) is 4.96 Å². The minimum absolute atomic E-state index is 0.0938. The summed E-state index contributed by atoms with van der Waals surface area (Å²) in [5.74, 6) is -0.474. The zero-order valence-corrected chi connectivity index (χ0v) is 17.9. The van der Waals surface area contributed by atoms with E-state index in [9.17, 15) is 19.2 Å². The summed E-state index contributed by atoms with van der Waals surface area (Å²) in [7, 11) is 0. The predicted molar refractivity (Wildman–Crippen MR) is 113 cm³/mol. The standard InChI is InChI=1S/C20H24N6O4S/c27-15-11-14(21-19-25(15)9-10-31-19)12-23-5-7-24(8-6-23)16(28)13-26-17(29)20(22-18(26)30)3-1-2-4-20/h9-11H,1-8,12-13H2,(H,22,30). The van der Waals surface area contributed by atoms with E-state index < -0.39 is 11.6 Å². The average Bonchev–Trinajstić information content (AvgIpc) is 3.46. The number of hydrogen-bond donors (Lipinski definition) is 1. The van der Waals surface area contributed by atoms with E-state index in [4.69, 9.17) is 0 Å². The molecule has 2 saturated heterocycles. The third-order valence-corrected chi connectivity index (χ3v) is 7.22. The second-order valence-corrected chi connectivity index (χ2v) is 9.28. The SMILES string of the molecule is O=C(CN1C(=O)NC2(CCCC2)C1=O)N1CCN(Cc2cc(=O)n3ccsc3n2)CC1. The second-order valence-electron chi connectivity index (χ2n) is 8.41. The predicted octanol–water partition coefficient (Wildman–Crippen LogP) is 0.265. The number of hydrogen-bond acceptors (Lipinski definition) is 7. The van der Waals surface area contributed by atoms with Crippen molar-refractivity contribution in [2.24, 2.45) is 0 Å². The van der Waals surface area contributed by atoms with Crippen LogP contribution in [0.1, 0.15) is 31.4 Å². The number of amides is 4. The Bertz CT molecular complexity index is 1100. The molecule has 5 rings (SSSR count). The Morgan fingerprint density at radius 1 is 1.13 bits per heavy atom. The van der Waals surface area contributed by atoms with Gasteiger partial charge in [0.05, 0.1) is 5.69 Å². The number of piperazine rings is 1. The van der Waals surface area contributed by atoms with Crippen molar-refractivity contribution in [2.45, 2.75) is 37.8 Å². The largest absolute Gasteiger partial charge is 0.339 e. The molecule has 0 unspecified atom stereocenters. The molecule has 1 saturated carbocycles. The summed E-state index contributed by atoms with van der Waals surface area (Å²) in [6.45, 7) is 2.63. The van der Waals surface area contributed by atoms with Gasteiger partial charge in [-0.2, -0.15) is 0 Å². The first-order valence-electron chi connectivity index (χ1n) is 10.6. The lowest BCUT2D eigenvalue weighted by molar-refractivity contribution is -0.140. The van der Waals surface area contributed by atoms with Gasteiger partial charge in [-0.25, -0.2) is 9.78 Å². The van der Waals surface area contributed by atoms with E-state index in [1.54, 1.807) is 17.2 Å². The molecule has 0 atom stereocenters. The topological polar surface area (TPSA) is 107 Å². The number of carbonyl (C=O) groups is 3. The van der Waals surface area contributed by atoms with E-state index in [-0.39, 0.29) is 23.9 Å². The average molecular weight is 445 g/mol. The number of thiazole rings is 1. The van der Waals surface area contributed by atoms with Crippen molar-refractivity contribution in [3.05, 3.63) is 33.7 Å². The molecular weight excluding hydrogens is 420 g/mol. The van der Waals surface area contributed by atoms with Crippen LogP contribution in [0.3, 0.4) is 0 Å². The first-order valence-corrected chi connectivity index (χ1v) is 11.4. The third-order valence-electron chi connectivity index (χ3n) is 6.46. The van der Waals surface area contributed by atoms with Crippen molar-refractivity contribution < 1.29 is 14.4 Å². The minimum Gasteiger partial charge on any atom is -0.339 e. The van der Waals surface area contributed by atoms with E-state index in [1.165, 1.54) is 15.7 Å². The lowest BCUT2D eigenvalue weighted by Crippen LogP contribution is -2.52. The van der Waals surface area contributed by atoms with Crippen molar-refractivity contribution in [3.63, 3.8) is 0 Å². The van der Waals surface area contributed by atoms with Gasteiger partial charge in [0.25, 0.3) is 11.5 Å². The molecule has 2 aromatic heterocycles. The number of rotatable bonds is 4. The molecule has 4 heterocycles. The van der Waals surface area contributed by atoms with Gasteiger partial charge in [0.2, 0.25) is 5.91 Å². The summed E-state index contributed by atoms with van der Waals surface area (Å²) in [5.41, 5.74) is -0.164. The monoisotopic (exact) mass is 444 g/mol. The summed E-state index contributed by atoms with van der Waals surface area (Å²) >= 11 is 1.42. The van der Waals surface area contributed by atoms with Crippen LogP contribution >= 0.6 is 11.3 Å². The molecule has 0 aromatic carbocycles. The minimum atomic E-state index is -0.786. The third kappa shape index (κ3) is 3.61. The highest BCUT2D eigenvalue weighted by Gasteiger charge is 2.52. The maximum absolute atomic E-state index is 12.8. The Hall–Kier alpha value is -2.79.